The maximum Gasteiger partial charge on any atom is 0.292 e. The van der Waals surface area contributed by atoms with E-state index in [1.807, 2.05) is 48.5 Å². The third-order valence-corrected chi connectivity index (χ3v) is 5.21. The van der Waals surface area contributed by atoms with Gasteiger partial charge in [0, 0.05) is 6.54 Å². The molecule has 1 atom stereocenters. The van der Waals surface area contributed by atoms with Gasteiger partial charge in [0.1, 0.15) is 5.02 Å². The molecule has 0 unspecified atom stereocenters. The summed E-state index contributed by atoms with van der Waals surface area (Å²) in [6.07, 6.45) is 1.61. The van der Waals surface area contributed by atoms with Gasteiger partial charge in [0.05, 0.1) is 23.6 Å². The van der Waals surface area contributed by atoms with Gasteiger partial charge in [-0.2, -0.15) is 9.78 Å². The van der Waals surface area contributed by atoms with Gasteiger partial charge in [0.15, 0.2) is 0 Å². The van der Waals surface area contributed by atoms with Gasteiger partial charge in [-0.05, 0) is 30.8 Å². The van der Waals surface area contributed by atoms with Crippen molar-refractivity contribution in [2.75, 3.05) is 25.0 Å². The van der Waals surface area contributed by atoms with Gasteiger partial charge in [-0.3, -0.25) is 9.69 Å². The van der Waals surface area contributed by atoms with E-state index in [0.29, 0.717) is 17.9 Å². The highest BCUT2D eigenvalue weighted by Crippen LogP contribution is 2.23. The molecule has 3 aromatic rings. The van der Waals surface area contributed by atoms with Crippen molar-refractivity contribution in [3.63, 3.8) is 0 Å². The van der Waals surface area contributed by atoms with Crippen LogP contribution in [0.2, 0.25) is 5.02 Å². The van der Waals surface area contributed by atoms with Crippen LogP contribution in [0.1, 0.15) is 25.5 Å². The third-order valence-electron chi connectivity index (χ3n) is 4.84. The molecule has 28 heavy (non-hydrogen) atoms. The lowest BCUT2D eigenvalue weighted by Gasteiger charge is -2.30. The number of rotatable bonds is 8. The number of para-hydroxylation sites is 1. The summed E-state index contributed by atoms with van der Waals surface area (Å²) >= 11 is 6.38. The first-order valence-electron chi connectivity index (χ1n) is 9.51. The largest absolute Gasteiger partial charge is 0.380 e. The fourth-order valence-electron chi connectivity index (χ4n) is 3.31. The minimum atomic E-state index is -0.336. The zero-order chi connectivity index (χ0) is 19.9. The number of likely N-dealkylation sites (N-methyl/N-ethyl adjacent to an activating group) is 1. The fraction of sp³-hybridized carbons (Fsp3) is 0.273. The monoisotopic (exact) mass is 396 g/mol. The van der Waals surface area contributed by atoms with E-state index in [9.17, 15) is 4.79 Å². The summed E-state index contributed by atoms with van der Waals surface area (Å²) in [6, 6.07) is 19.8. The van der Waals surface area contributed by atoms with Gasteiger partial charge in [-0.25, -0.2) is 0 Å². The molecule has 1 N–H and O–H groups in total. The SMILES string of the molecule is CCN(CC)[C@@H](CNc1cnn(-c2ccccc2)c(=O)c1Cl)c1ccccc1. The first-order valence-corrected chi connectivity index (χ1v) is 9.89. The number of hydrogen-bond acceptors (Lipinski definition) is 4. The first-order chi connectivity index (χ1) is 13.7. The minimum Gasteiger partial charge on any atom is -0.380 e. The average molecular weight is 397 g/mol. The minimum absolute atomic E-state index is 0.144. The Morgan fingerprint density at radius 3 is 2.25 bits per heavy atom. The smallest absolute Gasteiger partial charge is 0.292 e. The van der Waals surface area contributed by atoms with Crippen LogP contribution in [0.25, 0.3) is 5.69 Å². The number of benzene rings is 2. The normalized spacial score (nSPS) is 12.1. The zero-order valence-corrected chi connectivity index (χ0v) is 16.9. The molecule has 0 saturated carbocycles. The predicted octanol–water partition coefficient (Wildman–Crippen LogP) is 4.38. The van der Waals surface area contributed by atoms with Crippen LogP contribution >= 0.6 is 11.6 Å². The fourth-order valence-corrected chi connectivity index (χ4v) is 3.51. The second kappa shape index (κ2) is 9.53. The number of nitrogens with one attached hydrogen (secondary N) is 1. The third kappa shape index (κ3) is 4.43. The van der Waals surface area contributed by atoms with Gasteiger partial charge in [0.25, 0.3) is 5.56 Å². The summed E-state index contributed by atoms with van der Waals surface area (Å²) in [7, 11) is 0. The van der Waals surface area contributed by atoms with Crippen LogP contribution in [0.15, 0.2) is 71.7 Å². The lowest BCUT2D eigenvalue weighted by atomic mass is 10.1. The number of aromatic nitrogens is 2. The second-order valence-electron chi connectivity index (χ2n) is 6.45. The molecule has 0 radical (unpaired) electrons. The van der Waals surface area contributed by atoms with Gasteiger partial charge < -0.3 is 5.32 Å². The summed E-state index contributed by atoms with van der Waals surface area (Å²) < 4.78 is 1.31. The highest BCUT2D eigenvalue weighted by atomic mass is 35.5. The Morgan fingerprint density at radius 2 is 1.64 bits per heavy atom. The number of hydrogen-bond donors (Lipinski definition) is 1. The Kier molecular flexibility index (Phi) is 6.85. The van der Waals surface area contributed by atoms with E-state index in [4.69, 9.17) is 11.6 Å². The maximum atomic E-state index is 12.7. The van der Waals surface area contributed by atoms with Crippen LogP contribution in [0.4, 0.5) is 5.69 Å². The molecule has 0 bridgehead atoms. The van der Waals surface area contributed by atoms with Crippen molar-refractivity contribution < 1.29 is 0 Å². The molecular weight excluding hydrogens is 372 g/mol. The summed E-state index contributed by atoms with van der Waals surface area (Å²) in [5, 5.41) is 7.76. The quantitative estimate of drug-likeness (QED) is 0.613. The molecule has 0 fully saturated rings. The molecule has 0 saturated heterocycles. The molecule has 6 heteroatoms. The van der Waals surface area contributed by atoms with Crippen molar-refractivity contribution in [2.24, 2.45) is 0 Å². The Morgan fingerprint density at radius 1 is 1.04 bits per heavy atom. The first kappa shape index (κ1) is 20.1. The van der Waals surface area contributed by atoms with Crippen molar-refractivity contribution in [3.8, 4) is 5.69 Å². The van der Waals surface area contributed by atoms with Crippen LogP contribution in [0, 0.1) is 0 Å². The highest BCUT2D eigenvalue weighted by molar-refractivity contribution is 6.32. The van der Waals surface area contributed by atoms with Crippen LogP contribution in [0.5, 0.6) is 0 Å². The van der Waals surface area contributed by atoms with E-state index in [1.165, 1.54) is 10.2 Å². The van der Waals surface area contributed by atoms with E-state index in [1.54, 1.807) is 6.20 Å². The van der Waals surface area contributed by atoms with Crippen LogP contribution < -0.4 is 10.9 Å². The van der Waals surface area contributed by atoms with Gasteiger partial charge in [-0.15, -0.1) is 0 Å². The molecule has 0 amide bonds. The number of halogens is 1. The summed E-state index contributed by atoms with van der Waals surface area (Å²) in [5.74, 6) is 0. The summed E-state index contributed by atoms with van der Waals surface area (Å²) in [6.45, 7) is 6.78. The molecular formula is C22H25ClN4O. The average Bonchev–Trinajstić information content (AvgIpc) is 2.75. The Hall–Kier alpha value is -2.63. The lowest BCUT2D eigenvalue weighted by molar-refractivity contribution is 0.228. The molecule has 5 nitrogen and oxygen atoms in total. The van der Waals surface area contributed by atoms with Crippen molar-refractivity contribution >= 4 is 17.3 Å². The number of nitrogens with zero attached hydrogens (tertiary/aromatic N) is 3. The molecule has 1 heterocycles. The summed E-state index contributed by atoms with van der Waals surface area (Å²) in [4.78, 5) is 15.0. The standard InChI is InChI=1S/C22H25ClN4O/c1-3-26(4-2)20(17-11-7-5-8-12-17)16-24-19-15-25-27(22(28)21(19)23)18-13-9-6-10-14-18/h5-15,20,24H,3-4,16H2,1-2H3/t20-/m0/s1. The molecule has 0 aliphatic rings. The van der Waals surface area contributed by atoms with E-state index >= 15 is 0 Å². The molecule has 1 aromatic heterocycles. The Labute approximate surface area is 170 Å². The lowest BCUT2D eigenvalue weighted by Crippen LogP contribution is -2.33. The van der Waals surface area contributed by atoms with Crippen molar-refractivity contribution in [3.05, 3.63) is 87.8 Å². The van der Waals surface area contributed by atoms with E-state index in [0.717, 1.165) is 13.1 Å². The van der Waals surface area contributed by atoms with Crippen molar-refractivity contribution in [1.29, 1.82) is 0 Å². The van der Waals surface area contributed by atoms with E-state index in [-0.39, 0.29) is 16.6 Å². The highest BCUT2D eigenvalue weighted by Gasteiger charge is 2.19. The topological polar surface area (TPSA) is 50.2 Å². The molecule has 3 rings (SSSR count). The van der Waals surface area contributed by atoms with Crippen molar-refractivity contribution in [2.45, 2.75) is 19.9 Å². The molecule has 0 aliphatic carbocycles. The molecule has 0 spiro atoms. The van der Waals surface area contributed by atoms with Gasteiger partial charge in [0.2, 0.25) is 0 Å². The summed E-state index contributed by atoms with van der Waals surface area (Å²) in [5.41, 5.74) is 2.12. The Bertz CT molecular complexity index is 940. The van der Waals surface area contributed by atoms with Crippen LogP contribution in [-0.2, 0) is 0 Å². The molecule has 2 aromatic carbocycles. The van der Waals surface area contributed by atoms with Gasteiger partial charge >= 0.3 is 0 Å². The van der Waals surface area contributed by atoms with Crippen LogP contribution in [0.3, 0.4) is 0 Å². The second-order valence-corrected chi connectivity index (χ2v) is 6.83. The van der Waals surface area contributed by atoms with Crippen molar-refractivity contribution in [1.82, 2.24) is 14.7 Å². The van der Waals surface area contributed by atoms with Gasteiger partial charge in [-0.1, -0.05) is 74.0 Å². The Balaban J connectivity index is 1.84. The van der Waals surface area contributed by atoms with E-state index < -0.39 is 0 Å². The van der Waals surface area contributed by atoms with E-state index in [2.05, 4.69) is 41.3 Å². The molecule has 0 aliphatic heterocycles. The number of anilines is 1. The predicted molar refractivity (Wildman–Crippen MR) is 115 cm³/mol. The zero-order valence-electron chi connectivity index (χ0n) is 16.2. The van der Waals surface area contributed by atoms with Crippen LogP contribution in [-0.4, -0.2) is 34.3 Å². The molecule has 146 valence electrons. The maximum absolute atomic E-state index is 12.7.